The van der Waals surface area contributed by atoms with Gasteiger partial charge < -0.3 is 23.9 Å². The Morgan fingerprint density at radius 3 is 2.83 bits per heavy atom. The van der Waals surface area contributed by atoms with E-state index in [1.807, 2.05) is 10.6 Å². The van der Waals surface area contributed by atoms with Gasteiger partial charge in [-0.25, -0.2) is 14.2 Å². The van der Waals surface area contributed by atoms with Gasteiger partial charge in [0, 0.05) is 46.8 Å². The van der Waals surface area contributed by atoms with Crippen LogP contribution in [0.1, 0.15) is 37.4 Å². The molecule has 0 bridgehead atoms. The molecule has 3 aromatic heterocycles. The summed E-state index contributed by atoms with van der Waals surface area (Å²) >= 11 is 0. The Morgan fingerprint density at radius 1 is 1.34 bits per heavy atom. The van der Waals surface area contributed by atoms with Crippen molar-refractivity contribution >= 4 is 28.0 Å². The zero-order valence-corrected chi connectivity index (χ0v) is 20.0. The van der Waals surface area contributed by atoms with Crippen LogP contribution in [0.3, 0.4) is 0 Å². The highest BCUT2D eigenvalue weighted by Crippen LogP contribution is 2.44. The first-order chi connectivity index (χ1) is 16.7. The number of aromatic nitrogens is 4. The third-order valence-electron chi connectivity index (χ3n) is 6.60. The molecule has 1 fully saturated rings. The Kier molecular flexibility index (Phi) is 5.72. The van der Waals surface area contributed by atoms with Crippen molar-refractivity contribution in [1.29, 1.82) is 0 Å². The average molecular weight is 483 g/mol. The van der Waals surface area contributed by atoms with Gasteiger partial charge in [-0.15, -0.1) is 0 Å². The molecule has 1 saturated heterocycles. The maximum atomic E-state index is 14.3. The Labute approximate surface area is 200 Å². The highest BCUT2D eigenvalue weighted by molar-refractivity contribution is 5.94. The molecule has 4 heterocycles. The number of carbonyl (C=O) groups is 1. The Bertz CT molecular complexity index is 1430. The minimum Gasteiger partial charge on any atom is -0.494 e. The molecule has 0 amide bonds. The average Bonchev–Trinajstić information content (AvgIpc) is 3.54. The molecule has 35 heavy (non-hydrogen) atoms. The molecule has 184 valence electrons. The zero-order valence-electron chi connectivity index (χ0n) is 20.0. The number of hydrogen-bond donors (Lipinski definition) is 2. The first kappa shape index (κ1) is 23.3. The van der Waals surface area contributed by atoms with E-state index in [2.05, 4.69) is 24.0 Å². The number of carboxylic acids is 1. The second-order valence-corrected chi connectivity index (χ2v) is 9.49. The fraction of sp³-hybridized carbons (Fsp3) is 0.400. The second kappa shape index (κ2) is 8.62. The highest BCUT2D eigenvalue weighted by Gasteiger charge is 2.40. The van der Waals surface area contributed by atoms with Crippen molar-refractivity contribution in [3.8, 4) is 11.4 Å². The van der Waals surface area contributed by atoms with Gasteiger partial charge in [0.1, 0.15) is 0 Å². The van der Waals surface area contributed by atoms with E-state index in [1.54, 1.807) is 25.4 Å². The first-order valence-corrected chi connectivity index (χ1v) is 11.3. The van der Waals surface area contributed by atoms with Crippen molar-refractivity contribution in [2.45, 2.75) is 37.7 Å². The lowest BCUT2D eigenvalue weighted by molar-refractivity contribution is -0.147. The maximum Gasteiger partial charge on any atom is 0.332 e. The van der Waals surface area contributed by atoms with Crippen LogP contribution in [0.25, 0.3) is 27.8 Å². The summed E-state index contributed by atoms with van der Waals surface area (Å²) in [4.78, 5) is 16.6. The fourth-order valence-corrected chi connectivity index (χ4v) is 5.13. The third kappa shape index (κ3) is 3.82. The summed E-state index contributed by atoms with van der Waals surface area (Å²) < 4.78 is 32.9. The third-order valence-corrected chi connectivity index (χ3v) is 6.60. The lowest BCUT2D eigenvalue weighted by Gasteiger charge is -2.29. The van der Waals surface area contributed by atoms with Crippen molar-refractivity contribution in [3.05, 3.63) is 47.5 Å². The number of H-pyrrole nitrogens is 1. The lowest BCUT2D eigenvalue weighted by Crippen LogP contribution is -2.29. The molecule has 5 rings (SSSR count). The molecular formula is C25H27FN4O5. The summed E-state index contributed by atoms with van der Waals surface area (Å²) in [6.45, 7) is 4.76. The van der Waals surface area contributed by atoms with Gasteiger partial charge in [-0.1, -0.05) is 13.8 Å². The molecule has 1 aromatic carbocycles. The monoisotopic (exact) mass is 482 g/mol. The number of methoxy groups -OCH3 is 2. The normalized spacial score (nSPS) is 18.5. The van der Waals surface area contributed by atoms with Crippen molar-refractivity contribution in [2.24, 2.45) is 0 Å². The van der Waals surface area contributed by atoms with Gasteiger partial charge >= 0.3 is 5.97 Å². The number of pyridine rings is 1. The van der Waals surface area contributed by atoms with Crippen LogP contribution in [0.4, 0.5) is 4.39 Å². The summed E-state index contributed by atoms with van der Waals surface area (Å²) in [5.74, 6) is -1.54. The van der Waals surface area contributed by atoms with E-state index >= 15 is 0 Å². The Morgan fingerprint density at radius 2 is 2.14 bits per heavy atom. The number of rotatable bonds is 7. The molecule has 2 atom stereocenters. The van der Waals surface area contributed by atoms with Crippen LogP contribution in [-0.4, -0.2) is 64.4 Å². The van der Waals surface area contributed by atoms with Crippen LogP contribution in [-0.2, 0) is 19.7 Å². The van der Waals surface area contributed by atoms with E-state index in [0.29, 0.717) is 29.9 Å². The van der Waals surface area contributed by atoms with Crippen LogP contribution in [0.15, 0.2) is 30.5 Å². The number of ether oxygens (including phenoxy) is 3. The minimum absolute atomic E-state index is 0.119. The van der Waals surface area contributed by atoms with Crippen LogP contribution in [0, 0.1) is 5.82 Å². The molecule has 10 heteroatoms. The lowest BCUT2D eigenvalue weighted by atomic mass is 9.82. The van der Waals surface area contributed by atoms with Gasteiger partial charge in [0.2, 0.25) is 0 Å². The van der Waals surface area contributed by atoms with Crippen molar-refractivity contribution in [3.63, 3.8) is 0 Å². The van der Waals surface area contributed by atoms with Crippen LogP contribution in [0.5, 0.6) is 5.75 Å². The number of aromatic amines is 1. The maximum absolute atomic E-state index is 14.3. The first-order valence-electron chi connectivity index (χ1n) is 11.3. The van der Waals surface area contributed by atoms with Gasteiger partial charge in [-0.3, -0.25) is 5.10 Å². The fourth-order valence-electron chi connectivity index (χ4n) is 5.13. The topological polar surface area (TPSA) is 111 Å². The highest BCUT2D eigenvalue weighted by atomic mass is 19.1. The van der Waals surface area contributed by atoms with E-state index in [4.69, 9.17) is 19.2 Å². The number of hydrogen-bond acceptors (Lipinski definition) is 6. The number of nitrogens with zero attached hydrogens (tertiary/aromatic N) is 3. The number of benzene rings is 1. The molecular weight excluding hydrogens is 455 g/mol. The predicted octanol–water partition coefficient (Wildman–Crippen LogP) is 3.93. The summed E-state index contributed by atoms with van der Waals surface area (Å²) in [7, 11) is 3.07. The van der Waals surface area contributed by atoms with Gasteiger partial charge in [0.25, 0.3) is 0 Å². The van der Waals surface area contributed by atoms with Crippen molar-refractivity contribution in [1.82, 2.24) is 19.7 Å². The SMILES string of the molecule is COCC(C)(C)c1c(C2CO[C@H](C(=O)O)C2)c2nc3[nH]ncc3cc2n1-c1ccc(F)c(OC)c1. The molecule has 1 aliphatic rings. The van der Waals surface area contributed by atoms with Crippen molar-refractivity contribution in [2.75, 3.05) is 27.4 Å². The molecule has 0 saturated carbocycles. The smallest absolute Gasteiger partial charge is 0.332 e. The van der Waals surface area contributed by atoms with Gasteiger partial charge in [-0.2, -0.15) is 5.10 Å². The number of fused-ring (bicyclic) bond motifs is 2. The van der Waals surface area contributed by atoms with Crippen LogP contribution in [0.2, 0.25) is 0 Å². The largest absolute Gasteiger partial charge is 0.494 e. The Balaban J connectivity index is 1.87. The van der Waals surface area contributed by atoms with Crippen LogP contribution >= 0.6 is 0 Å². The molecule has 0 aliphatic carbocycles. The van der Waals surface area contributed by atoms with E-state index < -0.39 is 23.3 Å². The summed E-state index contributed by atoms with van der Waals surface area (Å²) in [6, 6.07) is 6.70. The quantitative estimate of drug-likeness (QED) is 0.411. The summed E-state index contributed by atoms with van der Waals surface area (Å²) in [6.07, 6.45) is 1.13. The van der Waals surface area contributed by atoms with Gasteiger partial charge in [0.15, 0.2) is 23.3 Å². The van der Waals surface area contributed by atoms with E-state index in [1.165, 1.54) is 13.2 Å². The van der Waals surface area contributed by atoms with Gasteiger partial charge in [0.05, 0.1) is 37.6 Å². The molecule has 4 aromatic rings. The molecule has 1 aliphatic heterocycles. The number of halogens is 1. The summed E-state index contributed by atoms with van der Waals surface area (Å²) in [5, 5.41) is 17.4. The number of aliphatic carboxylic acids is 1. The second-order valence-electron chi connectivity index (χ2n) is 9.49. The number of nitrogens with one attached hydrogen (secondary N) is 1. The Hall–Kier alpha value is -3.50. The standard InChI is InChI=1S/C25H27FN4O5/c1-25(2,12-33-3)22-20(14-8-19(24(31)32)35-11-14)21-17(7-13-10-27-29-23(13)28-21)30(22)15-5-6-16(26)18(9-15)34-4/h5-7,9-10,14,19H,8,11-12H2,1-4H3,(H,31,32)(H,27,28,29)/t14?,19-/m0/s1. The van der Waals surface area contributed by atoms with E-state index in [9.17, 15) is 14.3 Å². The molecule has 0 radical (unpaired) electrons. The van der Waals surface area contributed by atoms with E-state index in [-0.39, 0.29) is 18.3 Å². The molecule has 0 spiro atoms. The van der Waals surface area contributed by atoms with Crippen molar-refractivity contribution < 1.29 is 28.5 Å². The van der Waals surface area contributed by atoms with E-state index in [0.717, 1.165) is 22.2 Å². The van der Waals surface area contributed by atoms with Gasteiger partial charge in [-0.05, 0) is 24.6 Å². The zero-order chi connectivity index (χ0) is 24.9. The minimum atomic E-state index is -0.985. The molecule has 2 N–H and O–H groups in total. The van der Waals surface area contributed by atoms with Crippen LogP contribution < -0.4 is 4.74 Å². The summed E-state index contributed by atoms with van der Waals surface area (Å²) in [5.41, 5.74) is 4.10. The molecule has 1 unspecified atom stereocenters. The molecule has 9 nitrogen and oxygen atoms in total. The predicted molar refractivity (Wildman–Crippen MR) is 127 cm³/mol. The number of carboxylic acid groups (broad SMARTS) is 1.